The lowest BCUT2D eigenvalue weighted by Crippen LogP contribution is -2.12. The van der Waals surface area contributed by atoms with Gasteiger partial charge in [0.2, 0.25) is 5.91 Å². The Morgan fingerprint density at radius 3 is 2.79 bits per heavy atom. The van der Waals surface area contributed by atoms with E-state index >= 15 is 0 Å². The fraction of sp³-hybridized carbons (Fsp3) is 0.467. The minimum atomic E-state index is 0.0210. The Bertz CT molecular complexity index is 501. The molecule has 19 heavy (non-hydrogen) atoms. The molecule has 0 aliphatic heterocycles. The van der Waals surface area contributed by atoms with Crippen molar-refractivity contribution in [1.29, 1.82) is 5.26 Å². The van der Waals surface area contributed by atoms with Gasteiger partial charge in [-0.3, -0.25) is 4.79 Å². The Labute approximate surface area is 118 Å². The molecule has 0 atom stereocenters. The van der Waals surface area contributed by atoms with Crippen molar-refractivity contribution in [2.45, 2.75) is 38.5 Å². The largest absolute Gasteiger partial charge is 0.326 e. The van der Waals surface area contributed by atoms with Gasteiger partial charge in [-0.25, -0.2) is 0 Å². The highest BCUT2D eigenvalue weighted by molar-refractivity contribution is 6.32. The Morgan fingerprint density at radius 2 is 2.16 bits per heavy atom. The molecule has 4 heteroatoms. The van der Waals surface area contributed by atoms with E-state index in [1.54, 1.807) is 18.2 Å². The summed E-state index contributed by atoms with van der Waals surface area (Å²) in [7, 11) is 0. The number of anilines is 1. The molecule has 0 aromatic heterocycles. The predicted octanol–water partition coefficient (Wildman–Crippen LogP) is 4.12. The van der Waals surface area contributed by atoms with Crippen LogP contribution in [0.15, 0.2) is 18.2 Å². The Balaban J connectivity index is 1.84. The average Bonchev–Trinajstić information content (AvgIpc) is 2.90. The highest BCUT2D eigenvalue weighted by Gasteiger charge is 2.16. The van der Waals surface area contributed by atoms with Crippen LogP contribution in [-0.4, -0.2) is 5.91 Å². The zero-order valence-electron chi connectivity index (χ0n) is 10.8. The van der Waals surface area contributed by atoms with E-state index in [2.05, 4.69) is 5.32 Å². The molecular formula is C15H17ClN2O. The molecule has 100 valence electrons. The van der Waals surface area contributed by atoms with E-state index < -0.39 is 0 Å². The van der Waals surface area contributed by atoms with Crippen molar-refractivity contribution in [3.05, 3.63) is 28.8 Å². The third kappa shape index (κ3) is 3.97. The van der Waals surface area contributed by atoms with Crippen LogP contribution in [0.25, 0.3) is 0 Å². The first-order valence-electron chi connectivity index (χ1n) is 6.68. The normalized spacial score (nSPS) is 15.2. The highest BCUT2D eigenvalue weighted by atomic mass is 35.5. The lowest BCUT2D eigenvalue weighted by molar-refractivity contribution is -0.116. The number of nitrogens with one attached hydrogen (secondary N) is 1. The first-order valence-corrected chi connectivity index (χ1v) is 7.06. The molecule has 1 aliphatic rings. The molecule has 0 radical (unpaired) electrons. The maximum absolute atomic E-state index is 11.8. The van der Waals surface area contributed by atoms with E-state index in [4.69, 9.17) is 16.9 Å². The van der Waals surface area contributed by atoms with E-state index in [0.717, 1.165) is 12.3 Å². The summed E-state index contributed by atoms with van der Waals surface area (Å²) in [5.74, 6) is 0.739. The van der Waals surface area contributed by atoms with Gasteiger partial charge in [0.15, 0.2) is 0 Å². The summed E-state index contributed by atoms with van der Waals surface area (Å²) in [6.07, 6.45) is 6.65. The van der Waals surface area contributed by atoms with Crippen LogP contribution in [0.3, 0.4) is 0 Å². The number of nitriles is 1. The Morgan fingerprint density at radius 1 is 1.42 bits per heavy atom. The monoisotopic (exact) mass is 276 g/mol. The summed E-state index contributed by atoms with van der Waals surface area (Å²) in [6, 6.07) is 6.94. The van der Waals surface area contributed by atoms with Gasteiger partial charge < -0.3 is 5.32 Å². The SMILES string of the molecule is N#Cc1ccc(NC(=O)CCC2CCCC2)cc1Cl. The van der Waals surface area contributed by atoms with E-state index in [1.807, 2.05) is 6.07 Å². The summed E-state index contributed by atoms with van der Waals surface area (Å²) >= 11 is 5.92. The van der Waals surface area contributed by atoms with E-state index in [9.17, 15) is 4.79 Å². The fourth-order valence-corrected chi connectivity index (χ4v) is 2.76. The molecule has 0 unspecified atom stereocenters. The standard InChI is InChI=1S/C15H17ClN2O/c16-14-9-13(7-6-12(14)10-17)18-15(19)8-5-11-3-1-2-4-11/h6-7,9,11H,1-5,8H2,(H,18,19). The number of halogens is 1. The second-order valence-electron chi connectivity index (χ2n) is 5.04. The number of hydrogen-bond acceptors (Lipinski definition) is 2. The third-order valence-electron chi connectivity index (χ3n) is 3.63. The molecule has 1 aliphatic carbocycles. The van der Waals surface area contributed by atoms with Gasteiger partial charge in [-0.15, -0.1) is 0 Å². The lowest BCUT2D eigenvalue weighted by atomic mass is 10.0. The molecular weight excluding hydrogens is 260 g/mol. The molecule has 1 aromatic carbocycles. The Kier molecular flexibility index (Phi) is 4.81. The molecule has 0 heterocycles. The van der Waals surface area contributed by atoms with Gasteiger partial charge >= 0.3 is 0 Å². The van der Waals surface area contributed by atoms with Gasteiger partial charge in [0.1, 0.15) is 6.07 Å². The maximum atomic E-state index is 11.8. The van der Waals surface area contributed by atoms with E-state index in [-0.39, 0.29) is 5.91 Å². The van der Waals surface area contributed by atoms with Crippen molar-refractivity contribution >= 4 is 23.2 Å². The lowest BCUT2D eigenvalue weighted by Gasteiger charge is -2.09. The van der Waals surface area contributed by atoms with Gasteiger partial charge in [-0.2, -0.15) is 5.26 Å². The van der Waals surface area contributed by atoms with Crippen LogP contribution in [0, 0.1) is 17.2 Å². The Hall–Kier alpha value is -1.53. The van der Waals surface area contributed by atoms with Gasteiger partial charge in [-0.05, 0) is 30.5 Å². The van der Waals surface area contributed by atoms with Crippen LogP contribution < -0.4 is 5.32 Å². The summed E-state index contributed by atoms with van der Waals surface area (Å²) in [5, 5.41) is 12.0. The minimum absolute atomic E-state index is 0.0210. The van der Waals surface area contributed by atoms with Crippen LogP contribution >= 0.6 is 11.6 Å². The second kappa shape index (κ2) is 6.58. The predicted molar refractivity (Wildman–Crippen MR) is 76.0 cm³/mol. The summed E-state index contributed by atoms with van der Waals surface area (Å²) < 4.78 is 0. The van der Waals surface area contributed by atoms with Crippen molar-refractivity contribution in [1.82, 2.24) is 0 Å². The number of nitrogens with zero attached hydrogens (tertiary/aromatic N) is 1. The smallest absolute Gasteiger partial charge is 0.224 e. The average molecular weight is 277 g/mol. The molecule has 2 rings (SSSR count). The van der Waals surface area contributed by atoms with Crippen LogP contribution in [0.5, 0.6) is 0 Å². The maximum Gasteiger partial charge on any atom is 0.224 e. The number of carbonyl (C=O) groups is 1. The number of benzene rings is 1. The van der Waals surface area contributed by atoms with Crippen LogP contribution in [0.1, 0.15) is 44.1 Å². The molecule has 0 saturated heterocycles. The van der Waals surface area contributed by atoms with Crippen molar-refractivity contribution in [3.8, 4) is 6.07 Å². The third-order valence-corrected chi connectivity index (χ3v) is 3.94. The van der Waals surface area contributed by atoms with Crippen LogP contribution in [0.4, 0.5) is 5.69 Å². The van der Waals surface area contributed by atoms with Gasteiger partial charge in [0, 0.05) is 12.1 Å². The van der Waals surface area contributed by atoms with Gasteiger partial charge in [-0.1, -0.05) is 37.3 Å². The van der Waals surface area contributed by atoms with Crippen molar-refractivity contribution in [2.75, 3.05) is 5.32 Å². The summed E-state index contributed by atoms with van der Waals surface area (Å²) in [4.78, 5) is 11.8. The van der Waals surface area contributed by atoms with Gasteiger partial charge in [0.05, 0.1) is 10.6 Å². The molecule has 3 nitrogen and oxygen atoms in total. The molecule has 1 N–H and O–H groups in total. The van der Waals surface area contributed by atoms with E-state index in [1.165, 1.54) is 25.7 Å². The first kappa shape index (κ1) is 13.9. The summed E-state index contributed by atoms with van der Waals surface area (Å²) in [5.41, 5.74) is 1.08. The quantitative estimate of drug-likeness (QED) is 0.899. The topological polar surface area (TPSA) is 52.9 Å². The molecule has 1 amide bonds. The summed E-state index contributed by atoms with van der Waals surface area (Å²) in [6.45, 7) is 0. The van der Waals surface area contributed by atoms with Crippen molar-refractivity contribution in [2.24, 2.45) is 5.92 Å². The fourth-order valence-electron chi connectivity index (χ4n) is 2.54. The van der Waals surface area contributed by atoms with E-state index in [0.29, 0.717) is 22.7 Å². The molecule has 0 spiro atoms. The molecule has 1 fully saturated rings. The minimum Gasteiger partial charge on any atom is -0.326 e. The molecule has 0 bridgehead atoms. The van der Waals surface area contributed by atoms with Gasteiger partial charge in [0.25, 0.3) is 0 Å². The molecule has 1 aromatic rings. The van der Waals surface area contributed by atoms with Crippen LogP contribution in [0.2, 0.25) is 5.02 Å². The zero-order chi connectivity index (χ0) is 13.7. The number of amides is 1. The van der Waals surface area contributed by atoms with Crippen LogP contribution in [-0.2, 0) is 4.79 Å². The second-order valence-corrected chi connectivity index (χ2v) is 5.45. The highest BCUT2D eigenvalue weighted by Crippen LogP contribution is 2.28. The number of carbonyl (C=O) groups excluding carboxylic acids is 1. The zero-order valence-corrected chi connectivity index (χ0v) is 11.5. The van der Waals surface area contributed by atoms with Crippen molar-refractivity contribution in [3.63, 3.8) is 0 Å². The molecule has 1 saturated carbocycles. The number of rotatable bonds is 4. The van der Waals surface area contributed by atoms with Crippen molar-refractivity contribution < 1.29 is 4.79 Å². The first-order chi connectivity index (χ1) is 9.19. The number of hydrogen-bond donors (Lipinski definition) is 1.